The van der Waals surface area contributed by atoms with Crippen LogP contribution in [0.3, 0.4) is 0 Å². The first kappa shape index (κ1) is 15.0. The number of benzene rings is 1. The molecule has 0 aliphatic rings. The van der Waals surface area contributed by atoms with Gasteiger partial charge in [0.2, 0.25) is 0 Å². The zero-order chi connectivity index (χ0) is 15.1. The first-order valence-corrected chi connectivity index (χ1v) is 6.86. The molecule has 1 unspecified atom stereocenters. The van der Waals surface area contributed by atoms with Crippen molar-refractivity contribution in [3.05, 3.63) is 54.4 Å². The number of amides is 1. The van der Waals surface area contributed by atoms with Crippen LogP contribution in [-0.2, 0) is 11.2 Å². The Morgan fingerprint density at radius 2 is 2.05 bits per heavy atom. The Balaban J connectivity index is 1.91. The van der Waals surface area contributed by atoms with Crippen LogP contribution >= 0.6 is 0 Å². The number of pyridine rings is 1. The summed E-state index contributed by atoms with van der Waals surface area (Å²) >= 11 is 0. The number of nitrogens with two attached hydrogens (primary N) is 1. The second-order valence-electron chi connectivity index (χ2n) is 4.64. The molecule has 1 aromatic heterocycles. The number of hydrogen-bond acceptors (Lipinski definition) is 4. The Labute approximate surface area is 124 Å². The van der Waals surface area contributed by atoms with E-state index >= 15 is 0 Å². The molecule has 5 heteroatoms. The number of anilines is 1. The van der Waals surface area contributed by atoms with E-state index in [-0.39, 0.29) is 5.91 Å². The quantitative estimate of drug-likeness (QED) is 0.851. The molecule has 0 bridgehead atoms. The van der Waals surface area contributed by atoms with Crippen LogP contribution in [0.25, 0.3) is 0 Å². The molecular formula is C16H19N3O2. The summed E-state index contributed by atoms with van der Waals surface area (Å²) in [7, 11) is 0. The van der Waals surface area contributed by atoms with Crippen molar-refractivity contribution in [1.82, 2.24) is 4.98 Å². The first-order chi connectivity index (χ1) is 10.2. The molecule has 110 valence electrons. The van der Waals surface area contributed by atoms with Crippen molar-refractivity contribution < 1.29 is 9.53 Å². The average molecular weight is 285 g/mol. The SMILES string of the molecule is CC(Oc1ccc(CCN)nc1)C(=O)Nc1ccccc1. The molecule has 0 spiro atoms. The molecular weight excluding hydrogens is 266 g/mol. The summed E-state index contributed by atoms with van der Waals surface area (Å²) in [6.45, 7) is 2.26. The van der Waals surface area contributed by atoms with E-state index in [4.69, 9.17) is 10.5 Å². The van der Waals surface area contributed by atoms with Crippen molar-refractivity contribution in [2.45, 2.75) is 19.4 Å². The van der Waals surface area contributed by atoms with Gasteiger partial charge in [0.05, 0.1) is 6.20 Å². The number of hydrogen-bond donors (Lipinski definition) is 2. The normalized spacial score (nSPS) is 11.7. The van der Waals surface area contributed by atoms with Crippen molar-refractivity contribution in [2.24, 2.45) is 5.73 Å². The highest BCUT2D eigenvalue weighted by Crippen LogP contribution is 2.13. The summed E-state index contributed by atoms with van der Waals surface area (Å²) in [5.74, 6) is 0.360. The minimum atomic E-state index is -0.604. The average Bonchev–Trinajstić information content (AvgIpc) is 2.50. The van der Waals surface area contributed by atoms with Gasteiger partial charge < -0.3 is 15.8 Å². The summed E-state index contributed by atoms with van der Waals surface area (Å²) in [5.41, 5.74) is 7.12. The monoisotopic (exact) mass is 285 g/mol. The number of carbonyl (C=O) groups excluding carboxylic acids is 1. The number of nitrogens with zero attached hydrogens (tertiary/aromatic N) is 1. The van der Waals surface area contributed by atoms with Gasteiger partial charge in [-0.1, -0.05) is 18.2 Å². The van der Waals surface area contributed by atoms with Crippen LogP contribution in [0.5, 0.6) is 5.75 Å². The van der Waals surface area contributed by atoms with Crippen molar-refractivity contribution in [1.29, 1.82) is 0 Å². The van der Waals surface area contributed by atoms with Crippen LogP contribution in [0.15, 0.2) is 48.7 Å². The topological polar surface area (TPSA) is 77.2 Å². The second-order valence-corrected chi connectivity index (χ2v) is 4.64. The van der Waals surface area contributed by atoms with E-state index in [0.717, 1.165) is 17.8 Å². The fourth-order valence-corrected chi connectivity index (χ4v) is 1.80. The van der Waals surface area contributed by atoms with Crippen LogP contribution < -0.4 is 15.8 Å². The van der Waals surface area contributed by atoms with Crippen molar-refractivity contribution in [2.75, 3.05) is 11.9 Å². The van der Waals surface area contributed by atoms with Gasteiger partial charge >= 0.3 is 0 Å². The fourth-order valence-electron chi connectivity index (χ4n) is 1.80. The molecule has 0 radical (unpaired) electrons. The van der Waals surface area contributed by atoms with Crippen LogP contribution in [0, 0.1) is 0 Å². The lowest BCUT2D eigenvalue weighted by molar-refractivity contribution is -0.122. The third kappa shape index (κ3) is 4.57. The molecule has 1 heterocycles. The molecule has 5 nitrogen and oxygen atoms in total. The minimum Gasteiger partial charge on any atom is -0.479 e. The number of rotatable bonds is 6. The summed E-state index contributed by atoms with van der Waals surface area (Å²) in [4.78, 5) is 16.2. The van der Waals surface area contributed by atoms with Crippen molar-refractivity contribution in [3.8, 4) is 5.75 Å². The fraction of sp³-hybridized carbons (Fsp3) is 0.250. The molecule has 0 aliphatic heterocycles. The van der Waals surface area contributed by atoms with Gasteiger partial charge in [0, 0.05) is 17.8 Å². The van der Waals surface area contributed by atoms with Gasteiger partial charge in [-0.3, -0.25) is 9.78 Å². The maximum absolute atomic E-state index is 12.0. The van der Waals surface area contributed by atoms with Gasteiger partial charge in [0.15, 0.2) is 6.10 Å². The predicted octanol–water partition coefficient (Wildman–Crippen LogP) is 1.99. The number of carbonyl (C=O) groups is 1. The second kappa shape index (κ2) is 7.40. The largest absolute Gasteiger partial charge is 0.479 e. The summed E-state index contributed by atoms with van der Waals surface area (Å²) in [6.07, 6.45) is 1.73. The standard InChI is InChI=1S/C16H19N3O2/c1-12(16(20)19-14-5-3-2-4-6-14)21-15-8-7-13(9-10-17)18-11-15/h2-8,11-12H,9-10,17H2,1H3,(H,19,20). The Morgan fingerprint density at radius 1 is 1.29 bits per heavy atom. The number of ether oxygens (including phenoxy) is 1. The Morgan fingerprint density at radius 3 is 2.67 bits per heavy atom. The Hall–Kier alpha value is -2.40. The van der Waals surface area contributed by atoms with Crippen molar-refractivity contribution in [3.63, 3.8) is 0 Å². The summed E-state index contributed by atoms with van der Waals surface area (Å²) < 4.78 is 5.58. The molecule has 2 rings (SSSR count). The molecule has 1 aromatic carbocycles. The molecule has 0 saturated carbocycles. The van der Waals surface area contributed by atoms with E-state index in [9.17, 15) is 4.79 Å². The van der Waals surface area contributed by atoms with Crippen LogP contribution in [-0.4, -0.2) is 23.5 Å². The smallest absolute Gasteiger partial charge is 0.265 e. The molecule has 0 aliphatic carbocycles. The molecule has 0 fully saturated rings. The molecule has 1 amide bonds. The highest BCUT2D eigenvalue weighted by atomic mass is 16.5. The predicted molar refractivity (Wildman–Crippen MR) is 82.2 cm³/mol. The Kier molecular flexibility index (Phi) is 5.29. The number of aromatic nitrogens is 1. The van der Waals surface area contributed by atoms with Gasteiger partial charge in [0.25, 0.3) is 5.91 Å². The van der Waals surface area contributed by atoms with Gasteiger partial charge in [0.1, 0.15) is 5.75 Å². The van der Waals surface area contributed by atoms with Gasteiger partial charge in [-0.2, -0.15) is 0 Å². The molecule has 0 saturated heterocycles. The molecule has 1 atom stereocenters. The molecule has 21 heavy (non-hydrogen) atoms. The highest BCUT2D eigenvalue weighted by Gasteiger charge is 2.14. The summed E-state index contributed by atoms with van der Waals surface area (Å²) in [5, 5.41) is 2.79. The Bertz CT molecular complexity index is 570. The highest BCUT2D eigenvalue weighted by molar-refractivity contribution is 5.94. The van der Waals surface area contributed by atoms with E-state index in [1.807, 2.05) is 36.4 Å². The minimum absolute atomic E-state index is 0.202. The van der Waals surface area contributed by atoms with Crippen molar-refractivity contribution >= 4 is 11.6 Å². The van der Waals surface area contributed by atoms with E-state index < -0.39 is 6.10 Å². The van der Waals surface area contributed by atoms with E-state index in [1.54, 1.807) is 19.2 Å². The van der Waals surface area contributed by atoms with Gasteiger partial charge in [-0.25, -0.2) is 0 Å². The van der Waals surface area contributed by atoms with Crippen LogP contribution in [0.1, 0.15) is 12.6 Å². The lowest BCUT2D eigenvalue weighted by atomic mass is 10.2. The van der Waals surface area contributed by atoms with E-state index in [1.165, 1.54) is 0 Å². The van der Waals surface area contributed by atoms with Crippen LogP contribution in [0.4, 0.5) is 5.69 Å². The molecule has 2 aromatic rings. The van der Waals surface area contributed by atoms with Gasteiger partial charge in [-0.05, 0) is 37.7 Å². The number of para-hydroxylation sites is 1. The lowest BCUT2D eigenvalue weighted by Gasteiger charge is -2.14. The lowest BCUT2D eigenvalue weighted by Crippen LogP contribution is -2.30. The maximum Gasteiger partial charge on any atom is 0.265 e. The zero-order valence-corrected chi connectivity index (χ0v) is 12.0. The van der Waals surface area contributed by atoms with E-state index in [0.29, 0.717) is 12.3 Å². The molecule has 3 N–H and O–H groups in total. The number of nitrogens with one attached hydrogen (secondary N) is 1. The van der Waals surface area contributed by atoms with E-state index in [2.05, 4.69) is 10.3 Å². The first-order valence-electron chi connectivity index (χ1n) is 6.86. The third-order valence-electron chi connectivity index (χ3n) is 2.92. The third-order valence-corrected chi connectivity index (χ3v) is 2.92. The van der Waals surface area contributed by atoms with Gasteiger partial charge in [-0.15, -0.1) is 0 Å². The zero-order valence-electron chi connectivity index (χ0n) is 12.0. The maximum atomic E-state index is 12.0. The summed E-state index contributed by atoms with van der Waals surface area (Å²) in [6, 6.07) is 12.9. The van der Waals surface area contributed by atoms with Crippen LogP contribution in [0.2, 0.25) is 0 Å².